The number of nitrogens with zero attached hydrogens (tertiary/aromatic N) is 3. The average Bonchev–Trinajstić information content (AvgIpc) is 2.79. The molecule has 0 unspecified atom stereocenters. The SMILES string of the molecule is CC(C)(O)Cn1nc(-c2ccc(Cl)cc2)nc1C1(C)COC1. The molecule has 2 heterocycles. The summed E-state index contributed by atoms with van der Waals surface area (Å²) < 4.78 is 7.15. The van der Waals surface area contributed by atoms with Crippen molar-refractivity contribution in [3.05, 3.63) is 35.1 Å². The molecule has 1 N–H and O–H groups in total. The van der Waals surface area contributed by atoms with Crippen LogP contribution in [0.1, 0.15) is 26.6 Å². The van der Waals surface area contributed by atoms with Crippen LogP contribution in [-0.4, -0.2) is 38.7 Å². The molecular weight excluding hydrogens is 302 g/mol. The first kappa shape index (κ1) is 15.5. The normalized spacial score (nSPS) is 17.3. The van der Waals surface area contributed by atoms with Gasteiger partial charge >= 0.3 is 0 Å². The Morgan fingerprint density at radius 2 is 1.95 bits per heavy atom. The van der Waals surface area contributed by atoms with Gasteiger partial charge in [-0.1, -0.05) is 11.6 Å². The summed E-state index contributed by atoms with van der Waals surface area (Å²) in [4.78, 5) is 4.71. The van der Waals surface area contributed by atoms with Gasteiger partial charge in [-0.25, -0.2) is 9.67 Å². The van der Waals surface area contributed by atoms with Crippen LogP contribution in [0, 0.1) is 0 Å². The third kappa shape index (κ3) is 3.02. The average molecular weight is 322 g/mol. The van der Waals surface area contributed by atoms with E-state index < -0.39 is 5.60 Å². The van der Waals surface area contributed by atoms with Gasteiger partial charge in [0.25, 0.3) is 0 Å². The molecule has 0 aliphatic carbocycles. The molecule has 2 aromatic rings. The van der Waals surface area contributed by atoms with Crippen molar-refractivity contribution in [1.29, 1.82) is 0 Å². The highest BCUT2D eigenvalue weighted by atomic mass is 35.5. The number of aromatic nitrogens is 3. The Balaban J connectivity index is 2.02. The van der Waals surface area contributed by atoms with Crippen molar-refractivity contribution in [2.45, 2.75) is 38.3 Å². The topological polar surface area (TPSA) is 60.2 Å². The lowest BCUT2D eigenvalue weighted by Gasteiger charge is -2.37. The number of aliphatic hydroxyl groups is 1. The molecule has 1 aliphatic heterocycles. The number of hydrogen-bond donors (Lipinski definition) is 1. The van der Waals surface area contributed by atoms with Crippen LogP contribution in [0.2, 0.25) is 5.02 Å². The number of benzene rings is 1. The van der Waals surface area contributed by atoms with Crippen molar-refractivity contribution in [3.8, 4) is 11.4 Å². The van der Waals surface area contributed by atoms with Gasteiger partial charge in [0, 0.05) is 10.6 Å². The minimum Gasteiger partial charge on any atom is -0.389 e. The molecule has 118 valence electrons. The molecule has 0 spiro atoms. The minimum absolute atomic E-state index is 0.150. The summed E-state index contributed by atoms with van der Waals surface area (Å²) in [5, 5.41) is 15.4. The van der Waals surface area contributed by atoms with E-state index in [0.29, 0.717) is 30.6 Å². The van der Waals surface area contributed by atoms with Gasteiger partial charge in [0.2, 0.25) is 0 Å². The summed E-state index contributed by atoms with van der Waals surface area (Å²) in [6, 6.07) is 7.44. The van der Waals surface area contributed by atoms with Crippen LogP contribution in [0.25, 0.3) is 11.4 Å². The van der Waals surface area contributed by atoms with E-state index in [9.17, 15) is 5.11 Å². The van der Waals surface area contributed by atoms with Crippen molar-refractivity contribution >= 4 is 11.6 Å². The lowest BCUT2D eigenvalue weighted by Crippen LogP contribution is -2.47. The maximum absolute atomic E-state index is 10.1. The highest BCUT2D eigenvalue weighted by Crippen LogP contribution is 2.32. The molecule has 0 radical (unpaired) electrons. The van der Waals surface area contributed by atoms with E-state index in [1.165, 1.54) is 0 Å². The largest absolute Gasteiger partial charge is 0.389 e. The summed E-state index contributed by atoms with van der Waals surface area (Å²) in [5.41, 5.74) is -0.104. The van der Waals surface area contributed by atoms with Gasteiger partial charge < -0.3 is 9.84 Å². The zero-order valence-electron chi connectivity index (χ0n) is 13.0. The first-order chi connectivity index (χ1) is 10.3. The third-order valence-corrected chi connectivity index (χ3v) is 3.94. The first-order valence-corrected chi connectivity index (χ1v) is 7.66. The van der Waals surface area contributed by atoms with E-state index in [0.717, 1.165) is 11.4 Å². The number of rotatable bonds is 4. The molecule has 1 aromatic heterocycles. The highest BCUT2D eigenvalue weighted by molar-refractivity contribution is 6.30. The highest BCUT2D eigenvalue weighted by Gasteiger charge is 2.41. The van der Waals surface area contributed by atoms with Crippen LogP contribution >= 0.6 is 11.6 Å². The Morgan fingerprint density at radius 3 is 2.45 bits per heavy atom. The van der Waals surface area contributed by atoms with E-state index in [4.69, 9.17) is 21.3 Å². The van der Waals surface area contributed by atoms with Crippen molar-refractivity contribution in [1.82, 2.24) is 14.8 Å². The summed E-state index contributed by atoms with van der Waals surface area (Å²) >= 11 is 5.93. The maximum atomic E-state index is 10.1. The van der Waals surface area contributed by atoms with Crippen molar-refractivity contribution in [2.75, 3.05) is 13.2 Å². The second-order valence-corrected chi connectivity index (χ2v) is 7.23. The fourth-order valence-corrected chi connectivity index (χ4v) is 2.65. The second-order valence-electron chi connectivity index (χ2n) is 6.79. The fourth-order valence-electron chi connectivity index (χ4n) is 2.52. The summed E-state index contributed by atoms with van der Waals surface area (Å²) in [6.07, 6.45) is 0. The van der Waals surface area contributed by atoms with Crippen molar-refractivity contribution in [2.24, 2.45) is 0 Å². The zero-order valence-corrected chi connectivity index (χ0v) is 13.8. The van der Waals surface area contributed by atoms with Gasteiger partial charge in [0.1, 0.15) is 5.82 Å². The van der Waals surface area contributed by atoms with Gasteiger partial charge in [0.05, 0.1) is 30.8 Å². The van der Waals surface area contributed by atoms with E-state index in [-0.39, 0.29) is 5.41 Å². The first-order valence-electron chi connectivity index (χ1n) is 7.28. The van der Waals surface area contributed by atoms with Crippen LogP contribution in [0.3, 0.4) is 0 Å². The van der Waals surface area contributed by atoms with Crippen molar-refractivity contribution in [3.63, 3.8) is 0 Å². The molecule has 0 amide bonds. The second kappa shape index (κ2) is 5.33. The molecule has 22 heavy (non-hydrogen) atoms. The lowest BCUT2D eigenvalue weighted by atomic mass is 9.87. The molecule has 3 rings (SSSR count). The number of ether oxygens (including phenoxy) is 1. The van der Waals surface area contributed by atoms with Gasteiger partial charge in [-0.2, -0.15) is 5.10 Å². The van der Waals surface area contributed by atoms with Gasteiger partial charge in [-0.3, -0.25) is 0 Å². The Labute approximate surface area is 134 Å². The molecule has 5 nitrogen and oxygen atoms in total. The molecular formula is C16H20ClN3O2. The molecule has 1 saturated heterocycles. The van der Waals surface area contributed by atoms with Gasteiger partial charge in [-0.15, -0.1) is 0 Å². The predicted molar refractivity (Wildman–Crippen MR) is 84.9 cm³/mol. The van der Waals surface area contributed by atoms with Crippen molar-refractivity contribution < 1.29 is 9.84 Å². The van der Waals surface area contributed by atoms with E-state index in [1.54, 1.807) is 18.5 Å². The third-order valence-electron chi connectivity index (χ3n) is 3.69. The zero-order chi connectivity index (χ0) is 16.0. The Bertz CT molecular complexity index is 670. The van der Waals surface area contributed by atoms with E-state index in [2.05, 4.69) is 12.0 Å². The number of hydrogen-bond acceptors (Lipinski definition) is 4. The quantitative estimate of drug-likeness (QED) is 0.940. The summed E-state index contributed by atoms with van der Waals surface area (Å²) in [7, 11) is 0. The standard InChI is InChI=1S/C16H20ClN3O2/c1-15(2,21)8-20-14(16(3)9-22-10-16)18-13(19-20)11-4-6-12(17)7-5-11/h4-7,21H,8-10H2,1-3H3. The molecule has 0 bridgehead atoms. The lowest BCUT2D eigenvalue weighted by molar-refractivity contribution is -0.0581. The fraction of sp³-hybridized carbons (Fsp3) is 0.500. The molecule has 6 heteroatoms. The Kier molecular flexibility index (Phi) is 3.75. The smallest absolute Gasteiger partial charge is 0.181 e. The molecule has 0 atom stereocenters. The van der Waals surface area contributed by atoms with Crippen LogP contribution in [0.15, 0.2) is 24.3 Å². The van der Waals surface area contributed by atoms with Gasteiger partial charge in [0.15, 0.2) is 5.82 Å². The van der Waals surface area contributed by atoms with Gasteiger partial charge in [-0.05, 0) is 45.0 Å². The Morgan fingerprint density at radius 1 is 1.32 bits per heavy atom. The van der Waals surface area contributed by atoms with Crippen LogP contribution in [0.4, 0.5) is 0 Å². The maximum Gasteiger partial charge on any atom is 0.181 e. The summed E-state index contributed by atoms with van der Waals surface area (Å²) in [5.74, 6) is 1.50. The molecule has 1 aromatic carbocycles. The molecule has 1 aliphatic rings. The van der Waals surface area contributed by atoms with E-state index >= 15 is 0 Å². The number of halogens is 1. The Hall–Kier alpha value is -1.43. The monoisotopic (exact) mass is 321 g/mol. The van der Waals surface area contributed by atoms with Crippen LogP contribution in [-0.2, 0) is 16.7 Å². The summed E-state index contributed by atoms with van der Waals surface area (Å²) in [6.45, 7) is 7.26. The predicted octanol–water partition coefficient (Wildman–Crippen LogP) is 2.66. The van der Waals surface area contributed by atoms with E-state index in [1.807, 2.05) is 24.3 Å². The van der Waals surface area contributed by atoms with Crippen LogP contribution < -0.4 is 0 Å². The minimum atomic E-state index is -0.860. The molecule has 0 saturated carbocycles. The molecule has 1 fully saturated rings. The van der Waals surface area contributed by atoms with Crippen LogP contribution in [0.5, 0.6) is 0 Å².